The predicted octanol–water partition coefficient (Wildman–Crippen LogP) is 10.1. The number of aromatic nitrogens is 4. The highest BCUT2D eigenvalue weighted by Crippen LogP contribution is 2.38. The summed E-state index contributed by atoms with van der Waals surface area (Å²) in [6, 6.07) is 47.7. The largest absolute Gasteiger partial charge is 0.454 e. The van der Waals surface area contributed by atoms with E-state index in [2.05, 4.69) is 89.9 Å². The molecule has 0 aliphatic carbocycles. The van der Waals surface area contributed by atoms with Gasteiger partial charge in [-0.1, -0.05) is 109 Å². The smallest absolute Gasteiger partial charge is 0.164 e. The minimum Gasteiger partial charge on any atom is -0.454 e. The lowest BCUT2D eigenvalue weighted by molar-refractivity contribution is 0.672. The van der Waals surface area contributed by atoms with Crippen LogP contribution in [0.25, 0.3) is 88.9 Å². The third-order valence-electron chi connectivity index (χ3n) is 8.35. The monoisotopic (exact) mass is 576 g/mol. The molecule has 210 valence electrons. The van der Waals surface area contributed by atoms with E-state index in [0.717, 1.165) is 60.3 Å². The van der Waals surface area contributed by atoms with Gasteiger partial charge < -0.3 is 4.42 Å². The second kappa shape index (κ2) is 10.2. The molecule has 0 aliphatic rings. The first-order chi connectivity index (χ1) is 22.3. The zero-order valence-electron chi connectivity index (χ0n) is 24.1. The summed E-state index contributed by atoms with van der Waals surface area (Å²) in [7, 11) is 0. The molecule has 0 atom stereocenters. The average molecular weight is 577 g/mol. The molecule has 0 aliphatic heterocycles. The maximum atomic E-state index is 6.41. The lowest BCUT2D eigenvalue weighted by Crippen LogP contribution is -2.00. The van der Waals surface area contributed by atoms with Gasteiger partial charge in [0.05, 0.1) is 0 Å². The van der Waals surface area contributed by atoms with Gasteiger partial charge in [0, 0.05) is 33.7 Å². The van der Waals surface area contributed by atoms with Crippen molar-refractivity contribution in [1.82, 2.24) is 19.9 Å². The second-order valence-corrected chi connectivity index (χ2v) is 11.1. The number of furan rings is 1. The van der Waals surface area contributed by atoms with Crippen LogP contribution in [-0.4, -0.2) is 19.9 Å². The van der Waals surface area contributed by atoms with Crippen molar-refractivity contribution in [1.29, 1.82) is 0 Å². The van der Waals surface area contributed by atoms with E-state index in [4.69, 9.17) is 19.4 Å². The summed E-state index contributed by atoms with van der Waals surface area (Å²) in [6.45, 7) is 0. The SMILES string of the molecule is c1ccc(-c2ccc3cc(-c4nc(-c5ccccc5)nc(-c5cccc6ccc7c8ncccc8oc7c56)n4)ccc3c2)cc1. The molecule has 5 nitrogen and oxygen atoms in total. The first kappa shape index (κ1) is 25.3. The highest BCUT2D eigenvalue weighted by molar-refractivity contribution is 6.17. The predicted molar refractivity (Wildman–Crippen MR) is 182 cm³/mol. The molecule has 9 rings (SSSR count). The van der Waals surface area contributed by atoms with Gasteiger partial charge in [-0.15, -0.1) is 0 Å². The van der Waals surface area contributed by atoms with Crippen molar-refractivity contribution < 1.29 is 4.42 Å². The molecule has 0 N–H and O–H groups in total. The zero-order valence-corrected chi connectivity index (χ0v) is 24.1. The third kappa shape index (κ3) is 4.33. The summed E-state index contributed by atoms with van der Waals surface area (Å²) in [4.78, 5) is 19.7. The second-order valence-electron chi connectivity index (χ2n) is 11.1. The molecule has 9 aromatic rings. The van der Waals surface area contributed by atoms with Crippen molar-refractivity contribution in [3.63, 3.8) is 0 Å². The van der Waals surface area contributed by atoms with Gasteiger partial charge in [-0.3, -0.25) is 4.98 Å². The van der Waals surface area contributed by atoms with Gasteiger partial charge in [0.1, 0.15) is 11.1 Å². The van der Waals surface area contributed by atoms with E-state index in [9.17, 15) is 0 Å². The summed E-state index contributed by atoms with van der Waals surface area (Å²) in [6.07, 6.45) is 1.80. The first-order valence-corrected chi connectivity index (χ1v) is 14.9. The summed E-state index contributed by atoms with van der Waals surface area (Å²) in [5.41, 5.74) is 7.49. The van der Waals surface area contributed by atoms with Gasteiger partial charge in [-0.05, 0) is 57.6 Å². The fourth-order valence-corrected chi connectivity index (χ4v) is 6.15. The molecule has 3 heterocycles. The third-order valence-corrected chi connectivity index (χ3v) is 8.35. The van der Waals surface area contributed by atoms with Crippen LogP contribution in [-0.2, 0) is 0 Å². The maximum Gasteiger partial charge on any atom is 0.164 e. The van der Waals surface area contributed by atoms with Gasteiger partial charge in [-0.2, -0.15) is 0 Å². The number of benzene rings is 6. The molecular weight excluding hydrogens is 552 g/mol. The van der Waals surface area contributed by atoms with E-state index in [0.29, 0.717) is 17.5 Å². The van der Waals surface area contributed by atoms with Crippen LogP contribution in [0.2, 0.25) is 0 Å². The van der Waals surface area contributed by atoms with E-state index >= 15 is 0 Å². The Morgan fingerprint density at radius 2 is 1.11 bits per heavy atom. The maximum absolute atomic E-state index is 6.41. The van der Waals surface area contributed by atoms with E-state index < -0.39 is 0 Å². The molecule has 0 saturated heterocycles. The van der Waals surface area contributed by atoms with Crippen LogP contribution in [0.5, 0.6) is 0 Å². The van der Waals surface area contributed by atoms with Crippen LogP contribution in [0.15, 0.2) is 150 Å². The molecular formula is C40H24N4O. The Hall–Kier alpha value is -6.20. The minimum atomic E-state index is 0.588. The number of pyridine rings is 1. The summed E-state index contributed by atoms with van der Waals surface area (Å²) >= 11 is 0. The topological polar surface area (TPSA) is 64.7 Å². The number of fused-ring (bicyclic) bond motifs is 6. The Morgan fingerprint density at radius 1 is 0.444 bits per heavy atom. The van der Waals surface area contributed by atoms with E-state index in [1.165, 1.54) is 11.1 Å². The van der Waals surface area contributed by atoms with Crippen molar-refractivity contribution in [3.05, 3.63) is 146 Å². The average Bonchev–Trinajstić information content (AvgIpc) is 3.50. The molecule has 5 heteroatoms. The molecule has 0 fully saturated rings. The Balaban J connectivity index is 1.25. The molecule has 0 radical (unpaired) electrons. The lowest BCUT2D eigenvalue weighted by Gasteiger charge is -2.11. The van der Waals surface area contributed by atoms with Crippen molar-refractivity contribution in [2.75, 3.05) is 0 Å². The zero-order chi connectivity index (χ0) is 29.7. The summed E-state index contributed by atoms with van der Waals surface area (Å²) < 4.78 is 6.41. The highest BCUT2D eigenvalue weighted by atomic mass is 16.3. The Kier molecular flexibility index (Phi) is 5.74. The molecule has 45 heavy (non-hydrogen) atoms. The van der Waals surface area contributed by atoms with Crippen molar-refractivity contribution in [2.24, 2.45) is 0 Å². The Labute approximate surface area is 258 Å². The van der Waals surface area contributed by atoms with Crippen molar-refractivity contribution in [2.45, 2.75) is 0 Å². The summed E-state index contributed by atoms with van der Waals surface area (Å²) in [5.74, 6) is 1.82. The van der Waals surface area contributed by atoms with Crippen molar-refractivity contribution in [3.8, 4) is 45.3 Å². The van der Waals surface area contributed by atoms with Crippen LogP contribution in [0.4, 0.5) is 0 Å². The molecule has 0 saturated carbocycles. The quantitative estimate of drug-likeness (QED) is 0.209. The standard InChI is InChI=1S/C40H24N4O/c1-3-9-25(10-4-1)28-16-17-30-24-31(19-18-29(30)23-28)39-42-38(27-11-5-2-6-12-27)43-40(44-39)32-14-7-13-26-20-21-33-36-34(15-8-22-41-36)45-37(33)35(26)32/h1-24H. The van der Waals surface area contributed by atoms with Crippen LogP contribution in [0.1, 0.15) is 0 Å². The fraction of sp³-hybridized carbons (Fsp3) is 0. The van der Waals surface area contributed by atoms with Gasteiger partial charge in [0.15, 0.2) is 23.1 Å². The first-order valence-electron chi connectivity index (χ1n) is 14.9. The number of hydrogen-bond donors (Lipinski definition) is 0. The highest BCUT2D eigenvalue weighted by Gasteiger charge is 2.18. The molecule has 6 aromatic carbocycles. The molecule has 0 bridgehead atoms. The van der Waals surface area contributed by atoms with Gasteiger partial charge in [-0.25, -0.2) is 15.0 Å². The molecule has 0 unspecified atom stereocenters. The molecule has 3 aromatic heterocycles. The van der Waals surface area contributed by atoms with E-state index in [-0.39, 0.29) is 0 Å². The number of nitrogens with zero attached hydrogens (tertiary/aromatic N) is 4. The van der Waals surface area contributed by atoms with Gasteiger partial charge in [0.25, 0.3) is 0 Å². The van der Waals surface area contributed by atoms with Crippen molar-refractivity contribution >= 4 is 43.6 Å². The van der Waals surface area contributed by atoms with Gasteiger partial charge >= 0.3 is 0 Å². The fourth-order valence-electron chi connectivity index (χ4n) is 6.15. The van der Waals surface area contributed by atoms with Crippen LogP contribution in [0.3, 0.4) is 0 Å². The number of hydrogen-bond acceptors (Lipinski definition) is 5. The Bertz CT molecular complexity index is 2540. The van der Waals surface area contributed by atoms with Crippen LogP contribution in [0, 0.1) is 0 Å². The van der Waals surface area contributed by atoms with E-state index in [1.54, 1.807) is 6.20 Å². The summed E-state index contributed by atoms with van der Waals surface area (Å²) in [5, 5.41) is 5.25. The molecule has 0 amide bonds. The van der Waals surface area contributed by atoms with E-state index in [1.807, 2.05) is 54.6 Å². The minimum absolute atomic E-state index is 0.588. The normalized spacial score (nSPS) is 11.6. The molecule has 0 spiro atoms. The number of rotatable bonds is 4. The van der Waals surface area contributed by atoms with Gasteiger partial charge in [0.2, 0.25) is 0 Å². The van der Waals surface area contributed by atoms with Crippen LogP contribution >= 0.6 is 0 Å². The Morgan fingerprint density at radius 3 is 1.91 bits per heavy atom. The lowest BCUT2D eigenvalue weighted by atomic mass is 9.99. The van der Waals surface area contributed by atoms with Crippen LogP contribution < -0.4 is 0 Å².